The lowest BCUT2D eigenvalue weighted by atomic mass is 9.97. The zero-order valence-electron chi connectivity index (χ0n) is 18.2. The van der Waals surface area contributed by atoms with Crippen molar-refractivity contribution in [3.8, 4) is 0 Å². The predicted molar refractivity (Wildman–Crippen MR) is 129 cm³/mol. The number of hydrogen-bond acceptors (Lipinski definition) is 7. The van der Waals surface area contributed by atoms with Gasteiger partial charge in [-0.3, -0.25) is 14.3 Å². The van der Waals surface area contributed by atoms with Crippen LogP contribution in [0.25, 0.3) is 32.7 Å². The summed E-state index contributed by atoms with van der Waals surface area (Å²) in [6.45, 7) is 0.166. The molecule has 6 rings (SSSR count). The highest BCUT2D eigenvalue weighted by Crippen LogP contribution is 2.31. The highest BCUT2D eigenvalue weighted by molar-refractivity contribution is 6.02. The molecule has 5 aromatic rings. The van der Waals surface area contributed by atoms with Crippen LogP contribution in [-0.4, -0.2) is 48.5 Å². The molecule has 1 saturated heterocycles. The molecule has 4 N–H and O–H groups in total. The fraction of sp³-hybridized carbons (Fsp3) is 0.240. The maximum Gasteiger partial charge on any atom is 0.280 e. The third-order valence-electron chi connectivity index (χ3n) is 6.44. The first-order valence-corrected chi connectivity index (χ1v) is 11.2. The van der Waals surface area contributed by atoms with E-state index in [-0.39, 0.29) is 24.1 Å². The van der Waals surface area contributed by atoms with E-state index in [9.17, 15) is 15.0 Å². The monoisotopic (exact) mass is 457 g/mol. The van der Waals surface area contributed by atoms with Crippen molar-refractivity contribution in [1.82, 2.24) is 19.5 Å². The van der Waals surface area contributed by atoms with Gasteiger partial charge in [-0.25, -0.2) is 4.98 Å². The summed E-state index contributed by atoms with van der Waals surface area (Å²) in [5.74, 6) is 0.313. The van der Waals surface area contributed by atoms with E-state index in [2.05, 4.69) is 50.6 Å². The van der Waals surface area contributed by atoms with Gasteiger partial charge in [0.2, 0.25) is 5.95 Å². The molecule has 1 aliphatic rings. The number of H-pyrrole nitrogens is 1. The van der Waals surface area contributed by atoms with Crippen LogP contribution in [0.15, 0.2) is 65.7 Å². The lowest BCUT2D eigenvalue weighted by molar-refractivity contribution is -0.0432. The second kappa shape index (κ2) is 8.21. The SMILES string of the molecule is O=c1[nH]c(NCc2c3ccccc3cc3ccccc23)nc2c1ncn2[C@H]1C[C@H](O)[C@@H](CO)O1. The summed E-state index contributed by atoms with van der Waals surface area (Å²) in [4.78, 5) is 24.3. The van der Waals surface area contributed by atoms with Crippen LogP contribution >= 0.6 is 0 Å². The number of imidazole rings is 1. The summed E-state index contributed by atoms with van der Waals surface area (Å²) in [5.41, 5.74) is 1.28. The van der Waals surface area contributed by atoms with E-state index in [0.29, 0.717) is 18.1 Å². The topological polar surface area (TPSA) is 125 Å². The second-order valence-corrected chi connectivity index (χ2v) is 8.50. The summed E-state index contributed by atoms with van der Waals surface area (Å²) >= 11 is 0. The van der Waals surface area contributed by atoms with Gasteiger partial charge in [0, 0.05) is 13.0 Å². The van der Waals surface area contributed by atoms with Gasteiger partial charge in [-0.1, -0.05) is 48.5 Å². The van der Waals surface area contributed by atoms with Crippen molar-refractivity contribution in [2.45, 2.75) is 31.4 Å². The Labute approximate surface area is 193 Å². The van der Waals surface area contributed by atoms with Gasteiger partial charge in [0.05, 0.1) is 19.0 Å². The summed E-state index contributed by atoms with van der Waals surface area (Å²) < 4.78 is 7.36. The van der Waals surface area contributed by atoms with Crippen molar-refractivity contribution in [3.63, 3.8) is 0 Å². The van der Waals surface area contributed by atoms with E-state index in [1.54, 1.807) is 4.57 Å². The average molecular weight is 457 g/mol. The summed E-state index contributed by atoms with van der Waals surface area (Å²) in [6, 6.07) is 18.6. The molecule has 0 amide bonds. The molecule has 0 aliphatic carbocycles. The van der Waals surface area contributed by atoms with Crippen LogP contribution in [0.1, 0.15) is 18.2 Å². The lowest BCUT2D eigenvalue weighted by Gasteiger charge is -2.15. The zero-order valence-corrected chi connectivity index (χ0v) is 18.2. The van der Waals surface area contributed by atoms with Crippen molar-refractivity contribution in [2.24, 2.45) is 0 Å². The molecule has 0 bridgehead atoms. The minimum atomic E-state index is -0.799. The Morgan fingerprint density at radius 1 is 1.12 bits per heavy atom. The molecule has 0 unspecified atom stereocenters. The van der Waals surface area contributed by atoms with Gasteiger partial charge in [-0.15, -0.1) is 0 Å². The van der Waals surface area contributed by atoms with E-state index in [0.717, 1.165) is 27.1 Å². The number of aromatic nitrogens is 4. The lowest BCUT2D eigenvalue weighted by Crippen LogP contribution is -2.24. The van der Waals surface area contributed by atoms with Crippen molar-refractivity contribution >= 4 is 38.7 Å². The second-order valence-electron chi connectivity index (χ2n) is 8.50. The van der Waals surface area contributed by atoms with Crippen LogP contribution in [0.3, 0.4) is 0 Å². The number of nitrogens with zero attached hydrogens (tertiary/aromatic N) is 3. The number of ether oxygens (including phenoxy) is 1. The first-order valence-electron chi connectivity index (χ1n) is 11.2. The van der Waals surface area contributed by atoms with E-state index >= 15 is 0 Å². The Morgan fingerprint density at radius 2 is 1.82 bits per heavy atom. The Hall–Kier alpha value is -3.79. The van der Waals surface area contributed by atoms with Crippen molar-refractivity contribution in [1.29, 1.82) is 0 Å². The number of nitrogens with one attached hydrogen (secondary N) is 2. The Bertz CT molecular complexity index is 1520. The highest BCUT2D eigenvalue weighted by atomic mass is 16.5. The van der Waals surface area contributed by atoms with Crippen molar-refractivity contribution in [2.75, 3.05) is 11.9 Å². The van der Waals surface area contributed by atoms with E-state index < -0.39 is 18.4 Å². The normalized spacial score (nSPS) is 20.5. The minimum Gasteiger partial charge on any atom is -0.394 e. The molecule has 1 fully saturated rings. The van der Waals surface area contributed by atoms with Gasteiger partial charge >= 0.3 is 0 Å². The number of aromatic amines is 1. The van der Waals surface area contributed by atoms with Gasteiger partial charge in [0.15, 0.2) is 11.2 Å². The molecule has 0 spiro atoms. The highest BCUT2D eigenvalue weighted by Gasteiger charge is 2.35. The fourth-order valence-corrected chi connectivity index (χ4v) is 4.74. The average Bonchev–Trinajstić information content (AvgIpc) is 3.45. The minimum absolute atomic E-state index is 0.187. The smallest absolute Gasteiger partial charge is 0.280 e. The van der Waals surface area contributed by atoms with E-state index in [1.165, 1.54) is 6.33 Å². The Kier molecular flexibility index (Phi) is 5.02. The maximum absolute atomic E-state index is 12.7. The molecule has 34 heavy (non-hydrogen) atoms. The maximum atomic E-state index is 12.7. The Balaban J connectivity index is 1.37. The standard InChI is InChI=1S/C25H23N5O4/c31-12-20-19(32)10-21(34-20)30-13-27-22-23(30)28-25(29-24(22)33)26-11-18-16-7-3-1-5-14(16)9-15-6-2-4-8-17(15)18/h1-9,13,19-21,31-32H,10-12H2,(H2,26,28,29,33)/t19-,20+,21+/m0/s1. The van der Waals surface area contributed by atoms with E-state index in [1.807, 2.05) is 24.3 Å². The van der Waals surface area contributed by atoms with Gasteiger partial charge in [0.1, 0.15) is 12.3 Å². The summed E-state index contributed by atoms with van der Waals surface area (Å²) in [5, 5.41) is 27.3. The molecule has 3 heterocycles. The molecule has 0 radical (unpaired) electrons. The van der Waals surface area contributed by atoms with Gasteiger partial charge in [0.25, 0.3) is 5.56 Å². The summed E-state index contributed by atoms with van der Waals surface area (Å²) in [7, 11) is 0. The number of aliphatic hydroxyl groups excluding tert-OH is 2. The van der Waals surface area contributed by atoms with Crippen molar-refractivity contribution < 1.29 is 14.9 Å². The molecule has 9 heteroatoms. The van der Waals surface area contributed by atoms with Gasteiger partial charge in [-0.05, 0) is 33.2 Å². The van der Waals surface area contributed by atoms with Crippen LogP contribution < -0.4 is 10.9 Å². The molecular weight excluding hydrogens is 434 g/mol. The number of anilines is 1. The molecule has 172 valence electrons. The molecule has 1 aliphatic heterocycles. The Morgan fingerprint density at radius 3 is 2.50 bits per heavy atom. The molecule has 3 atom stereocenters. The number of aliphatic hydroxyl groups is 2. The molecular formula is C25H23N5O4. The van der Waals surface area contributed by atoms with Crippen LogP contribution in [0.4, 0.5) is 5.95 Å². The number of fused-ring (bicyclic) bond motifs is 3. The zero-order chi connectivity index (χ0) is 23.2. The van der Waals surface area contributed by atoms with Crippen LogP contribution in [0.2, 0.25) is 0 Å². The largest absolute Gasteiger partial charge is 0.394 e. The molecule has 3 aromatic carbocycles. The number of hydrogen-bond donors (Lipinski definition) is 4. The summed E-state index contributed by atoms with van der Waals surface area (Å²) in [6.07, 6.45) is -0.295. The number of rotatable bonds is 5. The quantitative estimate of drug-likeness (QED) is 0.299. The first kappa shape index (κ1) is 20.8. The van der Waals surface area contributed by atoms with Gasteiger partial charge < -0.3 is 20.3 Å². The fourth-order valence-electron chi connectivity index (χ4n) is 4.74. The third-order valence-corrected chi connectivity index (χ3v) is 6.44. The third kappa shape index (κ3) is 3.41. The van der Waals surface area contributed by atoms with E-state index in [4.69, 9.17) is 4.74 Å². The van der Waals surface area contributed by atoms with Crippen LogP contribution in [0.5, 0.6) is 0 Å². The van der Waals surface area contributed by atoms with Crippen LogP contribution in [-0.2, 0) is 11.3 Å². The number of benzene rings is 3. The molecule has 9 nitrogen and oxygen atoms in total. The predicted octanol–water partition coefficient (Wildman–Crippen LogP) is 2.68. The van der Waals surface area contributed by atoms with Crippen LogP contribution in [0, 0.1) is 0 Å². The molecule has 2 aromatic heterocycles. The first-order chi connectivity index (χ1) is 16.6. The van der Waals surface area contributed by atoms with Crippen molar-refractivity contribution in [3.05, 3.63) is 76.8 Å². The molecule has 0 saturated carbocycles. The van der Waals surface area contributed by atoms with Gasteiger partial charge in [-0.2, -0.15) is 4.98 Å².